The minimum absolute atomic E-state index is 0.00519. The summed E-state index contributed by atoms with van der Waals surface area (Å²) >= 11 is 16.2. The van der Waals surface area contributed by atoms with Gasteiger partial charge in [0, 0.05) is 0 Å². The summed E-state index contributed by atoms with van der Waals surface area (Å²) in [6.07, 6.45) is -2.74. The number of aromatic nitrogens is 1. The standard InChI is InChI=1S/C6H2Cl3F2N/c7-2-1-3(8)12-5(9)4(2)6(10)11/h1,6H. The Kier molecular flexibility index (Phi) is 3.09. The molecule has 1 aromatic heterocycles. The Bertz CT molecular complexity index is 280. The van der Waals surface area contributed by atoms with Crippen LogP contribution in [-0.2, 0) is 0 Å². The molecule has 12 heavy (non-hydrogen) atoms. The molecule has 0 aliphatic rings. The highest BCUT2D eigenvalue weighted by Gasteiger charge is 2.17. The monoisotopic (exact) mass is 231 g/mol. The smallest absolute Gasteiger partial charge is 0.224 e. The predicted molar refractivity (Wildman–Crippen MR) is 44.2 cm³/mol. The van der Waals surface area contributed by atoms with Crippen LogP contribution in [0.15, 0.2) is 6.07 Å². The Morgan fingerprint density at radius 2 is 1.83 bits per heavy atom. The van der Waals surface area contributed by atoms with Gasteiger partial charge in [0.05, 0.1) is 10.6 Å². The third kappa shape index (κ3) is 1.97. The Labute approximate surface area is 82.3 Å². The summed E-state index contributed by atoms with van der Waals surface area (Å²) < 4.78 is 24.3. The molecule has 0 N–H and O–H groups in total. The normalized spacial score (nSPS) is 10.8. The van der Waals surface area contributed by atoms with Crippen LogP contribution in [0.4, 0.5) is 8.78 Å². The van der Waals surface area contributed by atoms with Crippen LogP contribution in [-0.4, -0.2) is 4.98 Å². The molecule has 0 aromatic carbocycles. The van der Waals surface area contributed by atoms with Gasteiger partial charge in [0.25, 0.3) is 6.43 Å². The molecule has 1 heterocycles. The first-order valence-corrected chi connectivity index (χ1v) is 3.95. The van der Waals surface area contributed by atoms with Gasteiger partial charge >= 0.3 is 0 Å². The molecule has 0 saturated carbocycles. The SMILES string of the molecule is FC(F)c1c(Cl)cc(Cl)nc1Cl. The fraction of sp³-hybridized carbons (Fsp3) is 0.167. The summed E-state index contributed by atoms with van der Waals surface area (Å²) in [5.41, 5.74) is -0.484. The van der Waals surface area contributed by atoms with E-state index in [9.17, 15) is 8.78 Å². The summed E-state index contributed by atoms with van der Waals surface area (Å²) in [5.74, 6) is 0. The molecule has 0 radical (unpaired) electrons. The van der Waals surface area contributed by atoms with Gasteiger partial charge in [-0.05, 0) is 6.07 Å². The average molecular weight is 232 g/mol. The van der Waals surface area contributed by atoms with Gasteiger partial charge in [-0.1, -0.05) is 34.8 Å². The quantitative estimate of drug-likeness (QED) is 0.667. The molecule has 66 valence electrons. The number of rotatable bonds is 1. The van der Waals surface area contributed by atoms with Gasteiger partial charge in [0.1, 0.15) is 10.3 Å². The molecule has 0 fully saturated rings. The van der Waals surface area contributed by atoms with Gasteiger partial charge in [-0.25, -0.2) is 13.8 Å². The highest BCUT2D eigenvalue weighted by Crippen LogP contribution is 2.33. The molecule has 1 aromatic rings. The van der Waals surface area contributed by atoms with E-state index in [4.69, 9.17) is 34.8 Å². The van der Waals surface area contributed by atoms with Crippen molar-refractivity contribution in [3.63, 3.8) is 0 Å². The van der Waals surface area contributed by atoms with E-state index in [2.05, 4.69) is 4.98 Å². The van der Waals surface area contributed by atoms with Gasteiger partial charge in [-0.15, -0.1) is 0 Å². The van der Waals surface area contributed by atoms with E-state index in [0.717, 1.165) is 6.07 Å². The van der Waals surface area contributed by atoms with Crippen LogP contribution in [0.1, 0.15) is 12.0 Å². The number of halogens is 5. The zero-order chi connectivity index (χ0) is 9.30. The summed E-state index contributed by atoms with van der Waals surface area (Å²) in [6, 6.07) is 1.12. The van der Waals surface area contributed by atoms with Crippen LogP contribution in [0.2, 0.25) is 15.3 Å². The van der Waals surface area contributed by atoms with E-state index in [0.29, 0.717) is 0 Å². The molecule has 0 aliphatic heterocycles. The van der Waals surface area contributed by atoms with Crippen molar-refractivity contribution in [3.8, 4) is 0 Å². The Morgan fingerprint density at radius 3 is 2.25 bits per heavy atom. The molecule has 1 nitrogen and oxygen atoms in total. The number of nitrogens with zero attached hydrogens (tertiary/aromatic N) is 1. The molecule has 0 saturated heterocycles. The average Bonchev–Trinajstić information content (AvgIpc) is 1.82. The lowest BCUT2D eigenvalue weighted by atomic mass is 10.3. The predicted octanol–water partition coefficient (Wildman–Crippen LogP) is 3.98. The first-order chi connectivity index (χ1) is 5.52. The maximum atomic E-state index is 12.2. The largest absolute Gasteiger partial charge is 0.268 e. The third-order valence-electron chi connectivity index (χ3n) is 1.15. The maximum Gasteiger partial charge on any atom is 0.268 e. The van der Waals surface area contributed by atoms with Crippen molar-refractivity contribution in [2.75, 3.05) is 0 Å². The van der Waals surface area contributed by atoms with Crippen molar-refractivity contribution in [1.29, 1.82) is 0 Å². The van der Waals surface area contributed by atoms with E-state index >= 15 is 0 Å². The van der Waals surface area contributed by atoms with Crippen LogP contribution in [0.5, 0.6) is 0 Å². The van der Waals surface area contributed by atoms with Crippen molar-refractivity contribution in [3.05, 3.63) is 27.0 Å². The van der Waals surface area contributed by atoms with Gasteiger partial charge in [-0.2, -0.15) is 0 Å². The van der Waals surface area contributed by atoms with Gasteiger partial charge in [-0.3, -0.25) is 0 Å². The molecule has 0 aliphatic carbocycles. The van der Waals surface area contributed by atoms with Crippen molar-refractivity contribution in [2.45, 2.75) is 6.43 Å². The summed E-state index contributed by atoms with van der Waals surface area (Å²) in [6.45, 7) is 0. The minimum Gasteiger partial charge on any atom is -0.224 e. The second kappa shape index (κ2) is 3.73. The van der Waals surface area contributed by atoms with E-state index < -0.39 is 12.0 Å². The van der Waals surface area contributed by atoms with Crippen LogP contribution < -0.4 is 0 Å². The van der Waals surface area contributed by atoms with Crippen LogP contribution >= 0.6 is 34.8 Å². The highest BCUT2D eigenvalue weighted by atomic mass is 35.5. The second-order valence-corrected chi connectivity index (χ2v) is 3.08. The topological polar surface area (TPSA) is 12.9 Å². The van der Waals surface area contributed by atoms with Crippen LogP contribution in [0, 0.1) is 0 Å². The number of pyridine rings is 1. The Balaban J connectivity index is 3.28. The fourth-order valence-electron chi connectivity index (χ4n) is 0.661. The lowest BCUT2D eigenvalue weighted by molar-refractivity contribution is 0.151. The van der Waals surface area contributed by atoms with E-state index in [-0.39, 0.29) is 15.3 Å². The fourth-order valence-corrected chi connectivity index (χ4v) is 1.55. The van der Waals surface area contributed by atoms with Crippen LogP contribution in [0.3, 0.4) is 0 Å². The molecule has 6 heteroatoms. The lowest BCUT2D eigenvalue weighted by Gasteiger charge is -2.04. The first kappa shape index (κ1) is 9.96. The first-order valence-electron chi connectivity index (χ1n) is 2.82. The molecule has 0 atom stereocenters. The van der Waals surface area contributed by atoms with Gasteiger partial charge < -0.3 is 0 Å². The number of hydrogen-bond donors (Lipinski definition) is 0. The van der Waals surface area contributed by atoms with Gasteiger partial charge in [0.2, 0.25) is 0 Å². The van der Waals surface area contributed by atoms with E-state index in [1.165, 1.54) is 0 Å². The van der Waals surface area contributed by atoms with Crippen molar-refractivity contribution in [2.24, 2.45) is 0 Å². The maximum absolute atomic E-state index is 12.2. The Hall–Kier alpha value is -0.120. The number of hydrogen-bond acceptors (Lipinski definition) is 1. The Morgan fingerprint density at radius 1 is 1.25 bits per heavy atom. The van der Waals surface area contributed by atoms with Crippen LogP contribution in [0.25, 0.3) is 0 Å². The van der Waals surface area contributed by atoms with Crippen molar-refractivity contribution < 1.29 is 8.78 Å². The van der Waals surface area contributed by atoms with Crippen molar-refractivity contribution in [1.82, 2.24) is 4.98 Å². The second-order valence-electron chi connectivity index (χ2n) is 1.93. The molecule has 1 rings (SSSR count). The minimum atomic E-state index is -2.74. The lowest BCUT2D eigenvalue weighted by Crippen LogP contribution is -1.91. The molecular weight excluding hydrogens is 230 g/mol. The molecule has 0 unspecified atom stereocenters. The highest BCUT2D eigenvalue weighted by molar-refractivity contribution is 6.37. The molecular formula is C6H2Cl3F2N. The van der Waals surface area contributed by atoms with Gasteiger partial charge in [0.15, 0.2) is 0 Å². The van der Waals surface area contributed by atoms with E-state index in [1.54, 1.807) is 0 Å². The zero-order valence-corrected chi connectivity index (χ0v) is 7.76. The molecule has 0 bridgehead atoms. The third-order valence-corrected chi connectivity index (χ3v) is 1.94. The summed E-state index contributed by atoms with van der Waals surface area (Å²) in [7, 11) is 0. The molecule has 0 amide bonds. The van der Waals surface area contributed by atoms with E-state index in [1.807, 2.05) is 0 Å². The molecule has 0 spiro atoms. The summed E-state index contributed by atoms with van der Waals surface area (Å²) in [4.78, 5) is 3.42. The summed E-state index contributed by atoms with van der Waals surface area (Å²) in [5, 5.41) is -0.535. The zero-order valence-electron chi connectivity index (χ0n) is 5.49. The number of alkyl halides is 2. The van der Waals surface area contributed by atoms with Crippen molar-refractivity contribution >= 4 is 34.8 Å².